The van der Waals surface area contributed by atoms with Gasteiger partial charge in [-0.05, 0) is 25.7 Å². The fourth-order valence-electron chi connectivity index (χ4n) is 3.61. The van der Waals surface area contributed by atoms with E-state index in [1.807, 2.05) is 0 Å². The average Bonchev–Trinajstić information content (AvgIpc) is 2.73. The Morgan fingerprint density at radius 1 is 0.889 bits per heavy atom. The molecule has 2 fully saturated rings. The molecule has 0 aromatic rings. The van der Waals surface area contributed by atoms with Gasteiger partial charge in [-0.2, -0.15) is 0 Å². The van der Waals surface area contributed by atoms with E-state index in [4.69, 9.17) is 5.73 Å². The molecule has 2 rings (SSSR count). The van der Waals surface area contributed by atoms with Gasteiger partial charge in [0.15, 0.2) is 0 Å². The summed E-state index contributed by atoms with van der Waals surface area (Å²) in [5.41, 5.74) is 5.33. The lowest BCUT2D eigenvalue weighted by Gasteiger charge is -2.35. The SMILES string of the molecule is NC(=O)C1(NC2CCCCCC2)CCCCCC1. The van der Waals surface area contributed by atoms with Gasteiger partial charge in [0.2, 0.25) is 5.91 Å². The van der Waals surface area contributed by atoms with E-state index in [9.17, 15) is 4.79 Å². The van der Waals surface area contributed by atoms with Crippen LogP contribution >= 0.6 is 0 Å². The molecule has 1 amide bonds. The van der Waals surface area contributed by atoms with Crippen LogP contribution in [0.15, 0.2) is 0 Å². The van der Waals surface area contributed by atoms with Crippen LogP contribution in [0, 0.1) is 0 Å². The Morgan fingerprint density at radius 3 is 1.89 bits per heavy atom. The fraction of sp³-hybridized carbons (Fsp3) is 0.933. The molecular weight excluding hydrogens is 224 g/mol. The maximum Gasteiger partial charge on any atom is 0.237 e. The maximum absolute atomic E-state index is 11.9. The molecule has 2 saturated carbocycles. The quantitative estimate of drug-likeness (QED) is 0.759. The molecule has 0 aromatic carbocycles. The molecule has 3 heteroatoms. The van der Waals surface area contributed by atoms with Crippen LogP contribution in [0.2, 0.25) is 0 Å². The van der Waals surface area contributed by atoms with E-state index in [1.54, 1.807) is 0 Å². The van der Waals surface area contributed by atoms with Crippen molar-refractivity contribution in [2.45, 2.75) is 88.6 Å². The normalized spacial score (nSPS) is 26.2. The van der Waals surface area contributed by atoms with E-state index in [1.165, 1.54) is 51.4 Å². The van der Waals surface area contributed by atoms with Crippen LogP contribution in [0.1, 0.15) is 77.0 Å². The lowest BCUT2D eigenvalue weighted by molar-refractivity contribution is -0.125. The second-order valence-electron chi connectivity index (χ2n) is 6.19. The van der Waals surface area contributed by atoms with Crippen LogP contribution in [0.3, 0.4) is 0 Å². The Morgan fingerprint density at radius 2 is 1.39 bits per heavy atom. The minimum atomic E-state index is -0.397. The molecule has 104 valence electrons. The molecule has 3 nitrogen and oxygen atoms in total. The van der Waals surface area contributed by atoms with Gasteiger partial charge in [0, 0.05) is 6.04 Å². The van der Waals surface area contributed by atoms with Gasteiger partial charge in [0.05, 0.1) is 5.54 Å². The summed E-state index contributed by atoms with van der Waals surface area (Å²) in [4.78, 5) is 11.9. The summed E-state index contributed by atoms with van der Waals surface area (Å²) in [5, 5.41) is 3.68. The number of primary amides is 1. The van der Waals surface area contributed by atoms with Gasteiger partial charge in [-0.3, -0.25) is 4.79 Å². The minimum Gasteiger partial charge on any atom is -0.368 e. The largest absolute Gasteiger partial charge is 0.368 e. The molecule has 18 heavy (non-hydrogen) atoms. The third kappa shape index (κ3) is 3.47. The number of carbonyl (C=O) groups is 1. The molecule has 0 aliphatic heterocycles. The Hall–Kier alpha value is -0.570. The van der Waals surface area contributed by atoms with Gasteiger partial charge in [-0.1, -0.05) is 51.4 Å². The third-order valence-corrected chi connectivity index (χ3v) is 4.76. The summed E-state index contributed by atoms with van der Waals surface area (Å²) >= 11 is 0. The lowest BCUT2D eigenvalue weighted by atomic mass is 9.87. The number of nitrogens with two attached hydrogens (primary N) is 1. The molecule has 0 spiro atoms. The van der Waals surface area contributed by atoms with E-state index in [2.05, 4.69) is 5.32 Å². The van der Waals surface area contributed by atoms with Crippen LogP contribution in [0.25, 0.3) is 0 Å². The molecule has 2 aliphatic carbocycles. The maximum atomic E-state index is 11.9. The van der Waals surface area contributed by atoms with Gasteiger partial charge in [-0.15, -0.1) is 0 Å². The van der Waals surface area contributed by atoms with E-state index in [0.29, 0.717) is 6.04 Å². The van der Waals surface area contributed by atoms with Gasteiger partial charge in [0.1, 0.15) is 0 Å². The second-order valence-corrected chi connectivity index (χ2v) is 6.19. The molecule has 0 saturated heterocycles. The Balaban J connectivity index is 2.01. The molecule has 0 aromatic heterocycles. The van der Waals surface area contributed by atoms with Crippen molar-refractivity contribution >= 4 is 5.91 Å². The molecule has 0 heterocycles. The number of carbonyl (C=O) groups excluding carboxylic acids is 1. The molecular formula is C15H28N2O. The van der Waals surface area contributed by atoms with Crippen molar-refractivity contribution in [1.82, 2.24) is 5.32 Å². The molecule has 0 bridgehead atoms. The Bertz CT molecular complexity index is 262. The zero-order valence-corrected chi connectivity index (χ0v) is 11.5. The first kappa shape index (κ1) is 13.9. The minimum absolute atomic E-state index is 0.117. The lowest BCUT2D eigenvalue weighted by Crippen LogP contribution is -2.58. The summed E-state index contributed by atoms with van der Waals surface area (Å²) in [7, 11) is 0. The van der Waals surface area contributed by atoms with E-state index in [-0.39, 0.29) is 5.91 Å². The molecule has 2 aliphatic rings. The third-order valence-electron chi connectivity index (χ3n) is 4.76. The second kappa shape index (κ2) is 6.55. The van der Waals surface area contributed by atoms with Crippen LogP contribution in [-0.4, -0.2) is 17.5 Å². The van der Waals surface area contributed by atoms with Crippen molar-refractivity contribution in [2.24, 2.45) is 5.73 Å². The molecule has 0 unspecified atom stereocenters. The van der Waals surface area contributed by atoms with Crippen LogP contribution < -0.4 is 11.1 Å². The van der Waals surface area contributed by atoms with E-state index < -0.39 is 5.54 Å². The summed E-state index contributed by atoms with van der Waals surface area (Å²) in [6, 6.07) is 0.512. The topological polar surface area (TPSA) is 55.1 Å². The first-order valence-electron chi connectivity index (χ1n) is 7.81. The average molecular weight is 252 g/mol. The van der Waals surface area contributed by atoms with Gasteiger partial charge in [0.25, 0.3) is 0 Å². The predicted molar refractivity (Wildman–Crippen MR) is 74.3 cm³/mol. The van der Waals surface area contributed by atoms with Gasteiger partial charge >= 0.3 is 0 Å². The Labute approximate surface area is 111 Å². The summed E-state index contributed by atoms with van der Waals surface area (Å²) < 4.78 is 0. The smallest absolute Gasteiger partial charge is 0.237 e. The highest BCUT2D eigenvalue weighted by Gasteiger charge is 2.38. The zero-order valence-electron chi connectivity index (χ0n) is 11.5. The van der Waals surface area contributed by atoms with Crippen molar-refractivity contribution < 1.29 is 4.79 Å². The highest BCUT2D eigenvalue weighted by Crippen LogP contribution is 2.29. The monoisotopic (exact) mass is 252 g/mol. The highest BCUT2D eigenvalue weighted by atomic mass is 16.1. The Kier molecular flexibility index (Phi) is 5.04. The summed E-state index contributed by atoms with van der Waals surface area (Å²) in [5.74, 6) is -0.117. The van der Waals surface area contributed by atoms with Crippen LogP contribution in [0.5, 0.6) is 0 Å². The van der Waals surface area contributed by atoms with Crippen LogP contribution in [0.4, 0.5) is 0 Å². The van der Waals surface area contributed by atoms with Crippen molar-refractivity contribution in [3.63, 3.8) is 0 Å². The predicted octanol–water partition coefficient (Wildman–Crippen LogP) is 2.88. The summed E-state index contributed by atoms with van der Waals surface area (Å²) in [6.07, 6.45) is 14.4. The van der Waals surface area contributed by atoms with Crippen molar-refractivity contribution in [3.05, 3.63) is 0 Å². The number of nitrogens with one attached hydrogen (secondary N) is 1. The first-order valence-corrected chi connectivity index (χ1v) is 7.81. The highest BCUT2D eigenvalue weighted by molar-refractivity contribution is 5.84. The first-order chi connectivity index (χ1) is 8.73. The van der Waals surface area contributed by atoms with Gasteiger partial charge in [-0.25, -0.2) is 0 Å². The molecule has 0 atom stereocenters. The van der Waals surface area contributed by atoms with Crippen molar-refractivity contribution in [3.8, 4) is 0 Å². The van der Waals surface area contributed by atoms with Crippen LogP contribution in [-0.2, 0) is 4.79 Å². The van der Waals surface area contributed by atoms with E-state index in [0.717, 1.165) is 25.7 Å². The number of hydrogen-bond acceptors (Lipinski definition) is 2. The number of rotatable bonds is 3. The fourth-order valence-corrected chi connectivity index (χ4v) is 3.61. The molecule has 3 N–H and O–H groups in total. The number of amides is 1. The van der Waals surface area contributed by atoms with Gasteiger partial charge < -0.3 is 11.1 Å². The van der Waals surface area contributed by atoms with Crippen molar-refractivity contribution in [1.29, 1.82) is 0 Å². The number of hydrogen-bond donors (Lipinski definition) is 2. The summed E-state index contributed by atoms with van der Waals surface area (Å²) in [6.45, 7) is 0. The van der Waals surface area contributed by atoms with Crippen molar-refractivity contribution in [2.75, 3.05) is 0 Å². The van der Waals surface area contributed by atoms with E-state index >= 15 is 0 Å². The standard InChI is InChI=1S/C15H28N2O/c16-14(18)15(11-7-3-4-8-12-15)17-13-9-5-1-2-6-10-13/h13,17H,1-12H2,(H2,16,18). The zero-order chi connectivity index (χ0) is 12.8. The molecule has 0 radical (unpaired) electrons.